The van der Waals surface area contributed by atoms with Gasteiger partial charge in [-0.05, 0) is 0 Å². The molecule has 3 aliphatic rings. The van der Waals surface area contributed by atoms with Crippen molar-refractivity contribution in [1.82, 2.24) is 10.2 Å². The summed E-state index contributed by atoms with van der Waals surface area (Å²) in [6.45, 7) is -0.952. The number of hydrogen-bond acceptors (Lipinski definition) is 12. The summed E-state index contributed by atoms with van der Waals surface area (Å²) in [6, 6.07) is -2.02. The van der Waals surface area contributed by atoms with E-state index < -0.39 is 53.2 Å². The van der Waals surface area contributed by atoms with E-state index in [-0.39, 0.29) is 11.9 Å². The Morgan fingerprint density at radius 2 is 2.04 bits per heavy atom. The summed E-state index contributed by atoms with van der Waals surface area (Å²) in [5, 5.41) is 33.1. The summed E-state index contributed by atoms with van der Waals surface area (Å²) in [5.74, 6) is -3.26. The van der Waals surface area contributed by atoms with Crippen LogP contribution in [0.2, 0.25) is 0 Å². The first-order valence-electron chi connectivity index (χ1n) is 6.46. The van der Waals surface area contributed by atoms with Gasteiger partial charge in [0.25, 0.3) is 0 Å². The number of aliphatic hydroxyl groups excluding tert-OH is 1. The van der Waals surface area contributed by atoms with E-state index in [1.54, 1.807) is 0 Å². The normalized spacial score (nSPS) is 38.4. The maximum Gasteiger partial charge on any atom is 0.397 e. The van der Waals surface area contributed by atoms with E-state index in [1.165, 1.54) is 0 Å². The van der Waals surface area contributed by atoms with Crippen LogP contribution in [0.15, 0.2) is 9.98 Å². The Labute approximate surface area is 130 Å². The summed E-state index contributed by atoms with van der Waals surface area (Å²) in [5.41, 5.74) is 9.48. The molecule has 9 N–H and O–H groups in total. The van der Waals surface area contributed by atoms with Crippen LogP contribution in [0.3, 0.4) is 0 Å². The zero-order valence-corrected chi connectivity index (χ0v) is 12.4. The van der Waals surface area contributed by atoms with Crippen LogP contribution in [0.4, 0.5) is 0 Å². The van der Waals surface area contributed by atoms with Gasteiger partial charge < -0.3 is 37.0 Å². The molecule has 1 spiro atoms. The minimum Gasteiger partial charge on any atom is -0.394 e. The minimum absolute atomic E-state index is 0.177. The molecule has 13 nitrogen and oxygen atoms in total. The van der Waals surface area contributed by atoms with Gasteiger partial charge in [0.1, 0.15) is 12.1 Å². The average Bonchev–Trinajstić information content (AvgIpc) is 2.86. The number of aliphatic imine (C=N–C) groups is 2. The second-order valence-electron chi connectivity index (χ2n) is 5.44. The number of guanidine groups is 2. The Morgan fingerprint density at radius 3 is 2.61 bits per heavy atom. The lowest BCUT2D eigenvalue weighted by Crippen LogP contribution is -2.77. The van der Waals surface area contributed by atoms with Gasteiger partial charge in [0.05, 0.1) is 13.2 Å². The molecule has 1 fully saturated rings. The Balaban J connectivity index is 2.11. The maximum atomic E-state index is 11.0. The average molecular weight is 352 g/mol. The van der Waals surface area contributed by atoms with E-state index in [4.69, 9.17) is 16.0 Å². The molecule has 4 atom stereocenters. The van der Waals surface area contributed by atoms with Crippen molar-refractivity contribution in [2.45, 2.75) is 29.6 Å². The van der Waals surface area contributed by atoms with E-state index in [0.717, 1.165) is 4.90 Å². The van der Waals surface area contributed by atoms with Crippen molar-refractivity contribution in [2.75, 3.05) is 13.2 Å². The van der Waals surface area contributed by atoms with Gasteiger partial charge >= 0.3 is 10.4 Å². The molecule has 3 rings (SSSR count). The van der Waals surface area contributed by atoms with Crippen molar-refractivity contribution >= 4 is 22.3 Å². The van der Waals surface area contributed by atoms with Gasteiger partial charge in [-0.25, -0.2) is 14.2 Å². The standard InChI is InChI=1S/C9H16N6O7S/c10-6-13-5-3(2-16)12-7(11)15-1-4(22-23(19,20)21)9(17,18)8(5,15)14-6/h3-5,16-18H,1-2H2,(H2,11,12)(H3,10,13,14)(H,19,20,21)/t3-,4+,5-,8?/m0/s1. The molecule has 1 unspecified atom stereocenters. The molecule has 3 heterocycles. The SMILES string of the molecule is NC1=N[C@H]2[C@H](CO)N=C(N)N3C[C@@H](OS(=O)(=O)O)C(O)(O)C23N1. The molecule has 0 aromatic heterocycles. The van der Waals surface area contributed by atoms with Crippen molar-refractivity contribution in [3.63, 3.8) is 0 Å². The highest BCUT2D eigenvalue weighted by Gasteiger charge is 2.74. The number of nitrogens with one attached hydrogen (secondary N) is 1. The second kappa shape index (κ2) is 4.65. The highest BCUT2D eigenvalue weighted by atomic mass is 32.3. The van der Waals surface area contributed by atoms with Crippen molar-refractivity contribution in [2.24, 2.45) is 21.5 Å². The minimum atomic E-state index is -4.98. The van der Waals surface area contributed by atoms with E-state index in [1.807, 2.05) is 0 Å². The van der Waals surface area contributed by atoms with Crippen LogP contribution in [0, 0.1) is 0 Å². The van der Waals surface area contributed by atoms with E-state index >= 15 is 0 Å². The van der Waals surface area contributed by atoms with E-state index in [2.05, 4.69) is 19.5 Å². The molecule has 1 saturated heterocycles. The van der Waals surface area contributed by atoms with Gasteiger partial charge in [0, 0.05) is 0 Å². The highest BCUT2D eigenvalue weighted by molar-refractivity contribution is 7.80. The molecule has 0 amide bonds. The topological polar surface area (TPSA) is 216 Å². The summed E-state index contributed by atoms with van der Waals surface area (Å²) in [7, 11) is -4.98. The highest BCUT2D eigenvalue weighted by Crippen LogP contribution is 2.45. The first kappa shape index (κ1) is 16.2. The molecule has 3 aliphatic heterocycles. The molecular weight excluding hydrogens is 336 g/mol. The zero-order chi connectivity index (χ0) is 17.2. The smallest absolute Gasteiger partial charge is 0.394 e. The molecule has 14 heteroatoms. The van der Waals surface area contributed by atoms with Crippen molar-refractivity contribution in [3.05, 3.63) is 0 Å². The fourth-order valence-electron chi connectivity index (χ4n) is 3.30. The largest absolute Gasteiger partial charge is 0.397 e. The van der Waals surface area contributed by atoms with Gasteiger partial charge in [0.15, 0.2) is 23.7 Å². The van der Waals surface area contributed by atoms with Crippen LogP contribution >= 0.6 is 0 Å². The number of nitrogens with zero attached hydrogens (tertiary/aromatic N) is 3. The van der Waals surface area contributed by atoms with Gasteiger partial charge in [-0.15, -0.1) is 0 Å². The summed E-state index contributed by atoms with van der Waals surface area (Å²) >= 11 is 0. The van der Waals surface area contributed by atoms with Crippen LogP contribution in [0.1, 0.15) is 0 Å². The molecule has 0 aromatic rings. The molecular formula is C9H16N6O7S. The number of aliphatic hydroxyl groups is 3. The fraction of sp³-hybridized carbons (Fsp3) is 0.778. The third-order valence-corrected chi connectivity index (χ3v) is 4.65. The monoisotopic (exact) mass is 352 g/mol. The lowest BCUT2D eigenvalue weighted by atomic mass is 9.86. The molecule has 0 radical (unpaired) electrons. The lowest BCUT2D eigenvalue weighted by molar-refractivity contribution is -0.252. The third kappa shape index (κ3) is 2.07. The van der Waals surface area contributed by atoms with Crippen molar-refractivity contribution < 1.29 is 32.5 Å². The van der Waals surface area contributed by atoms with E-state index in [0.29, 0.717) is 0 Å². The molecule has 23 heavy (non-hydrogen) atoms. The molecule has 0 aliphatic carbocycles. The molecule has 0 saturated carbocycles. The Hall–Kier alpha value is -1.71. The van der Waals surface area contributed by atoms with Crippen LogP contribution in [-0.4, -0.2) is 87.9 Å². The molecule has 130 valence electrons. The predicted molar refractivity (Wildman–Crippen MR) is 74.1 cm³/mol. The third-order valence-electron chi connectivity index (χ3n) is 4.17. The van der Waals surface area contributed by atoms with Gasteiger partial charge in [-0.2, -0.15) is 8.42 Å². The molecule has 0 aromatic carbocycles. The summed E-state index contributed by atoms with van der Waals surface area (Å²) in [6.07, 6.45) is -1.81. The quantitative estimate of drug-likeness (QED) is 0.188. The van der Waals surface area contributed by atoms with E-state index in [9.17, 15) is 23.7 Å². The predicted octanol–water partition coefficient (Wildman–Crippen LogP) is -5.16. The maximum absolute atomic E-state index is 11.0. The van der Waals surface area contributed by atoms with Gasteiger partial charge in [-0.1, -0.05) is 0 Å². The number of rotatable bonds is 3. The Kier molecular flexibility index (Phi) is 3.27. The molecule has 0 bridgehead atoms. The summed E-state index contributed by atoms with van der Waals surface area (Å²) < 4.78 is 35.1. The van der Waals surface area contributed by atoms with Gasteiger partial charge in [-0.3, -0.25) is 4.55 Å². The Morgan fingerprint density at radius 1 is 1.39 bits per heavy atom. The zero-order valence-electron chi connectivity index (χ0n) is 11.6. The van der Waals surface area contributed by atoms with Crippen molar-refractivity contribution in [3.8, 4) is 0 Å². The Bertz CT molecular complexity index is 693. The van der Waals surface area contributed by atoms with Crippen molar-refractivity contribution in [1.29, 1.82) is 0 Å². The van der Waals surface area contributed by atoms with Crippen LogP contribution in [0.25, 0.3) is 0 Å². The first-order chi connectivity index (χ1) is 10.5. The second-order valence-corrected chi connectivity index (χ2v) is 6.49. The van der Waals surface area contributed by atoms with Crippen LogP contribution in [0.5, 0.6) is 0 Å². The van der Waals surface area contributed by atoms with Gasteiger partial charge in [0.2, 0.25) is 5.79 Å². The lowest BCUT2D eigenvalue weighted by Gasteiger charge is -2.48. The first-order valence-corrected chi connectivity index (χ1v) is 7.83. The number of nitrogens with two attached hydrogens (primary N) is 2. The van der Waals surface area contributed by atoms with Crippen LogP contribution in [-0.2, 0) is 14.6 Å². The summed E-state index contributed by atoms with van der Waals surface area (Å²) in [4.78, 5) is 9.11. The van der Waals surface area contributed by atoms with Crippen LogP contribution < -0.4 is 16.8 Å². The number of hydrogen-bond donors (Lipinski definition) is 7. The fourth-order valence-corrected chi connectivity index (χ4v) is 3.79.